The van der Waals surface area contributed by atoms with Crippen molar-refractivity contribution in [1.29, 1.82) is 0 Å². The van der Waals surface area contributed by atoms with E-state index < -0.39 is 0 Å². The third-order valence-corrected chi connectivity index (χ3v) is 18.3. The fourth-order valence-electron chi connectivity index (χ4n) is 10.9. The lowest BCUT2D eigenvalue weighted by molar-refractivity contribution is 0.641. The van der Waals surface area contributed by atoms with Crippen LogP contribution in [0.3, 0.4) is 0 Å². The summed E-state index contributed by atoms with van der Waals surface area (Å²) in [6, 6.07) is 79.4. The van der Waals surface area contributed by atoms with Crippen LogP contribution in [0.25, 0.3) is 30.3 Å². The number of rotatable bonds is 8. The average Bonchev–Trinajstić information content (AvgIpc) is 3.96. The highest BCUT2D eigenvalue weighted by molar-refractivity contribution is 8.00. The van der Waals surface area contributed by atoms with E-state index in [9.17, 15) is 0 Å². The minimum Gasteiger partial charge on any atom is -0.310 e. The van der Waals surface area contributed by atoms with Crippen molar-refractivity contribution in [2.24, 2.45) is 0 Å². The van der Waals surface area contributed by atoms with Crippen molar-refractivity contribution in [3.8, 4) is 0 Å². The van der Waals surface area contributed by atoms with E-state index in [-0.39, 0.29) is 17.5 Å². The molecule has 0 radical (unpaired) electrons. The maximum Gasteiger partial charge on any atom is 0.262 e. The number of nitrogens with zero attached hydrogens (tertiary/aromatic N) is 2. The monoisotopic (exact) mass is 926 g/mol. The van der Waals surface area contributed by atoms with Crippen molar-refractivity contribution < 1.29 is 0 Å². The van der Waals surface area contributed by atoms with Gasteiger partial charge in [-0.15, -0.1) is 22.7 Å². The van der Waals surface area contributed by atoms with Gasteiger partial charge in [0.25, 0.3) is 6.71 Å². The first kappa shape index (κ1) is 41.4. The molecule has 13 rings (SSSR count). The Kier molecular flexibility index (Phi) is 9.66. The molecule has 9 aromatic carbocycles. The quantitative estimate of drug-likeness (QED) is 0.140. The standard InChI is InChI=1S/C62H47BN2S3/c1-61(2,40-16-7-5-8-17-40)42-26-30-44(31-27-42)64(45-32-28-43(29-33-45)62(3,4)41-18-9-6-10-19-41)46-35-37-51-57(39-46)67-55-25-15-22-52-58(55)63(51)60-59(50-21-12-14-24-54(50)68-60)65(52)47-34-36-49-48-20-11-13-23-53(48)66-56(49)38-47/h5-39H,1-4H3. The summed E-state index contributed by atoms with van der Waals surface area (Å²) < 4.78 is 5.37. The van der Waals surface area contributed by atoms with E-state index in [1.807, 2.05) is 34.4 Å². The third-order valence-electron chi connectivity index (χ3n) is 14.7. The van der Waals surface area contributed by atoms with Gasteiger partial charge >= 0.3 is 0 Å². The Bertz CT molecular complexity index is 3630. The van der Waals surface area contributed by atoms with Gasteiger partial charge < -0.3 is 9.80 Å². The van der Waals surface area contributed by atoms with E-state index in [4.69, 9.17) is 0 Å². The smallest absolute Gasteiger partial charge is 0.262 e. The molecule has 6 heteroatoms. The molecule has 0 fully saturated rings. The Hall–Kier alpha value is -6.83. The van der Waals surface area contributed by atoms with Crippen LogP contribution in [0.2, 0.25) is 0 Å². The highest BCUT2D eigenvalue weighted by atomic mass is 32.2. The SMILES string of the molecule is CC(C)(c1ccccc1)c1ccc(N(c2ccc(C(C)(C)c3ccccc3)cc2)c2ccc3c(c2)Sc2cccc4c2B3c2sc3ccccc3c2N4c2ccc3c(c2)sc2ccccc23)cc1. The summed E-state index contributed by atoms with van der Waals surface area (Å²) in [7, 11) is 0. The van der Waals surface area contributed by atoms with Crippen LogP contribution in [-0.2, 0) is 10.8 Å². The van der Waals surface area contributed by atoms with Gasteiger partial charge in [-0.1, -0.05) is 184 Å². The van der Waals surface area contributed by atoms with Gasteiger partial charge in [-0.3, -0.25) is 0 Å². The molecule has 11 aromatic rings. The van der Waals surface area contributed by atoms with E-state index in [2.05, 4.69) is 250 Å². The molecule has 0 bridgehead atoms. The molecule has 2 nitrogen and oxygen atoms in total. The fourth-order valence-corrected chi connectivity index (χ4v) is 14.6. The van der Waals surface area contributed by atoms with Crippen molar-refractivity contribution in [2.45, 2.75) is 48.3 Å². The van der Waals surface area contributed by atoms with Crippen LogP contribution in [-0.4, -0.2) is 6.71 Å². The van der Waals surface area contributed by atoms with Crippen LogP contribution in [0.5, 0.6) is 0 Å². The molecule has 0 saturated heterocycles. The first-order valence-electron chi connectivity index (χ1n) is 23.5. The van der Waals surface area contributed by atoms with Gasteiger partial charge in [-0.2, -0.15) is 0 Å². The summed E-state index contributed by atoms with van der Waals surface area (Å²) >= 11 is 5.76. The molecule has 0 unspecified atom stereocenters. The first-order valence-corrected chi connectivity index (χ1v) is 26.0. The second-order valence-corrected chi connectivity index (χ2v) is 22.5. The second-order valence-electron chi connectivity index (χ2n) is 19.3. The molecule has 0 spiro atoms. The van der Waals surface area contributed by atoms with E-state index in [1.165, 1.54) is 95.1 Å². The Balaban J connectivity index is 0.942. The molecule has 68 heavy (non-hydrogen) atoms. The van der Waals surface area contributed by atoms with E-state index in [0.717, 1.165) is 17.1 Å². The average molecular weight is 927 g/mol. The van der Waals surface area contributed by atoms with Crippen molar-refractivity contribution in [1.82, 2.24) is 0 Å². The molecule has 2 aliphatic heterocycles. The van der Waals surface area contributed by atoms with Gasteiger partial charge in [0.2, 0.25) is 0 Å². The van der Waals surface area contributed by atoms with Crippen molar-refractivity contribution >= 4 is 121 Å². The van der Waals surface area contributed by atoms with Crippen molar-refractivity contribution in [3.05, 3.63) is 235 Å². The zero-order valence-corrected chi connectivity index (χ0v) is 40.9. The minimum atomic E-state index is -0.142. The summed E-state index contributed by atoms with van der Waals surface area (Å²) in [5.41, 5.74) is 14.9. The third kappa shape index (κ3) is 6.53. The number of benzene rings is 9. The lowest BCUT2D eigenvalue weighted by atomic mass is 9.37. The van der Waals surface area contributed by atoms with Crippen LogP contribution in [0.1, 0.15) is 49.9 Å². The zero-order valence-electron chi connectivity index (χ0n) is 38.4. The van der Waals surface area contributed by atoms with Gasteiger partial charge in [0.15, 0.2) is 0 Å². The largest absolute Gasteiger partial charge is 0.310 e. The molecule has 0 N–H and O–H groups in total. The number of thiophene rings is 2. The van der Waals surface area contributed by atoms with E-state index in [0.29, 0.717) is 0 Å². The van der Waals surface area contributed by atoms with Crippen LogP contribution in [0.15, 0.2) is 222 Å². The topological polar surface area (TPSA) is 6.48 Å². The molecular weight excluding hydrogens is 880 g/mol. The van der Waals surface area contributed by atoms with Gasteiger partial charge in [0.05, 0.1) is 5.69 Å². The summed E-state index contributed by atoms with van der Waals surface area (Å²) in [6.45, 7) is 9.40. The van der Waals surface area contributed by atoms with Crippen molar-refractivity contribution in [3.63, 3.8) is 0 Å². The number of hydrogen-bond donors (Lipinski definition) is 0. The number of fused-ring (bicyclic) bond motifs is 9. The predicted molar refractivity (Wildman–Crippen MR) is 296 cm³/mol. The summed E-state index contributed by atoms with van der Waals surface area (Å²) in [4.78, 5) is 7.64. The summed E-state index contributed by atoms with van der Waals surface area (Å²) in [5.74, 6) is 0. The molecule has 4 heterocycles. The summed E-state index contributed by atoms with van der Waals surface area (Å²) in [6.07, 6.45) is 0. The van der Waals surface area contributed by atoms with Crippen LogP contribution < -0.4 is 25.5 Å². The molecule has 0 aliphatic carbocycles. The molecule has 2 aliphatic rings. The Morgan fingerprint density at radius 3 is 1.62 bits per heavy atom. The zero-order chi connectivity index (χ0) is 45.7. The Morgan fingerprint density at radius 2 is 0.971 bits per heavy atom. The fraction of sp³-hybridized carbons (Fsp3) is 0.0968. The Labute approximate surface area is 411 Å². The number of hydrogen-bond acceptors (Lipinski definition) is 5. The molecule has 0 atom stereocenters. The van der Waals surface area contributed by atoms with Crippen LogP contribution >= 0.6 is 34.4 Å². The maximum absolute atomic E-state index is 2.57. The van der Waals surface area contributed by atoms with Crippen molar-refractivity contribution in [2.75, 3.05) is 9.80 Å². The van der Waals surface area contributed by atoms with Gasteiger partial charge in [-0.25, -0.2) is 0 Å². The van der Waals surface area contributed by atoms with Gasteiger partial charge in [0.1, 0.15) is 0 Å². The minimum absolute atomic E-state index is 0.107. The number of anilines is 6. The second kappa shape index (κ2) is 15.9. The van der Waals surface area contributed by atoms with Crippen LogP contribution in [0.4, 0.5) is 34.1 Å². The first-order chi connectivity index (χ1) is 33.2. The molecule has 0 saturated carbocycles. The molecule has 0 amide bonds. The van der Waals surface area contributed by atoms with Crippen LogP contribution in [0, 0.1) is 0 Å². The summed E-state index contributed by atoms with van der Waals surface area (Å²) in [5, 5.41) is 3.96. The predicted octanol–water partition coefficient (Wildman–Crippen LogP) is 16.2. The maximum atomic E-state index is 2.57. The molecular formula is C62H47BN2S3. The molecule has 326 valence electrons. The highest BCUT2D eigenvalue weighted by Crippen LogP contribution is 2.49. The molecule has 2 aromatic heterocycles. The highest BCUT2D eigenvalue weighted by Gasteiger charge is 2.43. The normalized spacial score (nSPS) is 13.2. The lowest BCUT2D eigenvalue weighted by Crippen LogP contribution is -2.58. The van der Waals surface area contributed by atoms with E-state index >= 15 is 0 Å². The lowest BCUT2D eigenvalue weighted by Gasteiger charge is -2.39. The van der Waals surface area contributed by atoms with Gasteiger partial charge in [-0.05, 0) is 101 Å². The van der Waals surface area contributed by atoms with E-state index in [1.54, 1.807) is 0 Å². The Morgan fingerprint density at radius 1 is 0.426 bits per heavy atom. The van der Waals surface area contributed by atoms with Gasteiger partial charge in [0, 0.05) is 84.1 Å².